The van der Waals surface area contributed by atoms with Crippen LogP contribution in [0.1, 0.15) is 36.0 Å². The van der Waals surface area contributed by atoms with Crippen LogP contribution >= 0.6 is 0 Å². The molecule has 1 aromatic carbocycles. The molecule has 0 heterocycles. The van der Waals surface area contributed by atoms with Crippen LogP contribution in [0.2, 0.25) is 0 Å². The van der Waals surface area contributed by atoms with E-state index in [-0.39, 0.29) is 11.7 Å². The van der Waals surface area contributed by atoms with Crippen molar-refractivity contribution < 1.29 is 18.9 Å². The zero-order valence-corrected chi connectivity index (χ0v) is 10.1. The molecule has 19 heavy (non-hydrogen) atoms. The van der Waals surface area contributed by atoms with Crippen molar-refractivity contribution in [3.05, 3.63) is 39.7 Å². The Labute approximate surface area is 108 Å². The number of hydroxylamine groups is 1. The van der Waals surface area contributed by atoms with Gasteiger partial charge in [-0.1, -0.05) is 12.8 Å². The Morgan fingerprint density at radius 1 is 1.37 bits per heavy atom. The predicted octanol–water partition coefficient (Wildman–Crippen LogP) is 2.34. The van der Waals surface area contributed by atoms with Crippen molar-refractivity contribution in [1.82, 2.24) is 5.48 Å². The van der Waals surface area contributed by atoms with E-state index in [1.807, 2.05) is 0 Å². The second kappa shape index (κ2) is 5.75. The van der Waals surface area contributed by atoms with Crippen molar-refractivity contribution in [2.24, 2.45) is 0 Å². The fourth-order valence-corrected chi connectivity index (χ4v) is 2.01. The van der Waals surface area contributed by atoms with Crippen LogP contribution in [0.3, 0.4) is 0 Å². The van der Waals surface area contributed by atoms with E-state index in [1.54, 1.807) is 0 Å². The van der Waals surface area contributed by atoms with Gasteiger partial charge in [-0.05, 0) is 18.9 Å². The lowest BCUT2D eigenvalue weighted by Gasteiger charge is -2.11. The van der Waals surface area contributed by atoms with E-state index < -0.39 is 22.3 Å². The molecule has 1 amide bonds. The lowest BCUT2D eigenvalue weighted by molar-refractivity contribution is -0.385. The summed E-state index contributed by atoms with van der Waals surface area (Å²) < 4.78 is 13.2. The van der Waals surface area contributed by atoms with E-state index in [1.165, 1.54) is 0 Å². The topological polar surface area (TPSA) is 81.5 Å². The van der Waals surface area contributed by atoms with Gasteiger partial charge in [0.05, 0.1) is 22.7 Å². The number of amides is 1. The molecular formula is C12H13FN2O4. The lowest BCUT2D eigenvalue weighted by Crippen LogP contribution is -2.28. The number of nitro benzene ring substituents is 1. The second-order valence-electron chi connectivity index (χ2n) is 4.41. The number of nitrogens with zero attached hydrogens (tertiary/aromatic N) is 1. The van der Waals surface area contributed by atoms with Gasteiger partial charge >= 0.3 is 0 Å². The minimum Gasteiger partial charge on any atom is -0.270 e. The van der Waals surface area contributed by atoms with Crippen molar-refractivity contribution in [2.45, 2.75) is 31.8 Å². The maximum Gasteiger partial charge on any atom is 0.275 e. The Hall–Kier alpha value is -2.02. The van der Waals surface area contributed by atoms with Gasteiger partial charge in [0.2, 0.25) is 0 Å². The van der Waals surface area contributed by atoms with Crippen LogP contribution in [0.25, 0.3) is 0 Å². The third-order valence-corrected chi connectivity index (χ3v) is 2.98. The molecule has 6 nitrogen and oxygen atoms in total. The van der Waals surface area contributed by atoms with Crippen molar-refractivity contribution >= 4 is 11.6 Å². The van der Waals surface area contributed by atoms with E-state index >= 15 is 0 Å². The Bertz CT molecular complexity index is 501. The molecule has 1 fully saturated rings. The summed E-state index contributed by atoms with van der Waals surface area (Å²) in [7, 11) is 0. The molecule has 0 aliphatic heterocycles. The van der Waals surface area contributed by atoms with E-state index in [2.05, 4.69) is 5.48 Å². The van der Waals surface area contributed by atoms with Crippen LogP contribution in [-0.4, -0.2) is 16.9 Å². The van der Waals surface area contributed by atoms with Crippen LogP contribution in [0.5, 0.6) is 0 Å². The molecule has 0 aromatic heterocycles. The molecule has 0 bridgehead atoms. The summed E-state index contributed by atoms with van der Waals surface area (Å²) in [5, 5.41) is 10.6. The molecule has 1 aliphatic carbocycles. The van der Waals surface area contributed by atoms with E-state index in [0.29, 0.717) is 0 Å². The van der Waals surface area contributed by atoms with E-state index in [4.69, 9.17) is 4.84 Å². The van der Waals surface area contributed by atoms with Crippen LogP contribution in [-0.2, 0) is 4.84 Å². The molecule has 102 valence electrons. The molecule has 0 saturated heterocycles. The fraction of sp³-hybridized carbons (Fsp3) is 0.417. The monoisotopic (exact) mass is 268 g/mol. The van der Waals surface area contributed by atoms with E-state index in [0.717, 1.165) is 43.9 Å². The maximum absolute atomic E-state index is 13.2. The predicted molar refractivity (Wildman–Crippen MR) is 63.9 cm³/mol. The van der Waals surface area contributed by atoms with Gasteiger partial charge in [-0.15, -0.1) is 0 Å². The Balaban J connectivity index is 2.03. The maximum atomic E-state index is 13.2. The molecule has 1 N–H and O–H groups in total. The summed E-state index contributed by atoms with van der Waals surface area (Å²) in [6.07, 6.45) is 3.79. The second-order valence-corrected chi connectivity index (χ2v) is 4.41. The average molecular weight is 268 g/mol. The molecule has 0 atom stereocenters. The van der Waals surface area contributed by atoms with Crippen LogP contribution in [0.15, 0.2) is 18.2 Å². The fourth-order valence-electron chi connectivity index (χ4n) is 2.01. The van der Waals surface area contributed by atoms with Gasteiger partial charge in [0.1, 0.15) is 5.82 Å². The Morgan fingerprint density at radius 2 is 2.05 bits per heavy atom. The van der Waals surface area contributed by atoms with Crippen molar-refractivity contribution in [3.8, 4) is 0 Å². The highest BCUT2D eigenvalue weighted by Gasteiger charge is 2.19. The van der Waals surface area contributed by atoms with Gasteiger partial charge < -0.3 is 0 Å². The third kappa shape index (κ3) is 3.47. The molecule has 7 heteroatoms. The summed E-state index contributed by atoms with van der Waals surface area (Å²) in [6.45, 7) is 0. The number of nitro groups is 1. The SMILES string of the molecule is O=C(NOC1CCCC1)c1cc(F)cc([N+](=O)[O-])c1. The molecule has 0 unspecified atom stereocenters. The van der Waals surface area contributed by atoms with Crippen LogP contribution in [0.4, 0.5) is 10.1 Å². The largest absolute Gasteiger partial charge is 0.275 e. The molecule has 2 rings (SSSR count). The highest BCUT2D eigenvalue weighted by molar-refractivity contribution is 5.94. The van der Waals surface area contributed by atoms with Crippen molar-refractivity contribution in [3.63, 3.8) is 0 Å². The number of carbonyl (C=O) groups excluding carboxylic acids is 1. The first-order chi connectivity index (χ1) is 9.06. The van der Waals surface area contributed by atoms with Gasteiger partial charge in [0.15, 0.2) is 0 Å². The quantitative estimate of drug-likeness (QED) is 0.671. The molecule has 0 radical (unpaired) electrons. The number of non-ortho nitro benzene ring substituents is 1. The Morgan fingerprint density at radius 3 is 2.68 bits per heavy atom. The number of rotatable bonds is 4. The van der Waals surface area contributed by atoms with Gasteiger partial charge in [-0.2, -0.15) is 0 Å². The first kappa shape index (κ1) is 13.4. The smallest absolute Gasteiger partial charge is 0.270 e. The number of hydrogen-bond donors (Lipinski definition) is 1. The number of hydrogen-bond acceptors (Lipinski definition) is 4. The minimum atomic E-state index is -0.833. The molecule has 1 saturated carbocycles. The van der Waals surface area contributed by atoms with Crippen LogP contribution < -0.4 is 5.48 Å². The number of benzene rings is 1. The third-order valence-electron chi connectivity index (χ3n) is 2.98. The summed E-state index contributed by atoms with van der Waals surface area (Å²) in [5.41, 5.74) is 1.60. The van der Waals surface area contributed by atoms with Gasteiger partial charge in [-0.25, -0.2) is 9.87 Å². The van der Waals surface area contributed by atoms with E-state index in [9.17, 15) is 19.3 Å². The molecule has 0 spiro atoms. The standard InChI is InChI=1S/C12H13FN2O4/c13-9-5-8(6-10(7-9)15(17)18)12(16)14-19-11-3-1-2-4-11/h5-7,11H,1-4H2,(H,14,16). The minimum absolute atomic E-state index is 0.0347. The summed E-state index contributed by atoms with van der Waals surface area (Å²) in [5.74, 6) is -1.52. The van der Waals surface area contributed by atoms with Gasteiger partial charge in [0.25, 0.3) is 11.6 Å². The summed E-state index contributed by atoms with van der Waals surface area (Å²) in [4.78, 5) is 26.7. The lowest BCUT2D eigenvalue weighted by atomic mass is 10.2. The first-order valence-corrected chi connectivity index (χ1v) is 5.97. The molecule has 1 aliphatic rings. The molecular weight excluding hydrogens is 255 g/mol. The summed E-state index contributed by atoms with van der Waals surface area (Å²) >= 11 is 0. The summed E-state index contributed by atoms with van der Waals surface area (Å²) in [6, 6.07) is 2.70. The van der Waals surface area contributed by atoms with Gasteiger partial charge in [-0.3, -0.25) is 19.7 Å². The van der Waals surface area contributed by atoms with Crippen molar-refractivity contribution in [1.29, 1.82) is 0 Å². The van der Waals surface area contributed by atoms with Gasteiger partial charge in [0, 0.05) is 6.07 Å². The number of carbonyl (C=O) groups is 1. The normalized spacial score (nSPS) is 15.4. The number of nitrogens with one attached hydrogen (secondary N) is 1. The Kier molecular flexibility index (Phi) is 4.06. The van der Waals surface area contributed by atoms with Crippen LogP contribution in [0, 0.1) is 15.9 Å². The van der Waals surface area contributed by atoms with Crippen molar-refractivity contribution in [2.75, 3.05) is 0 Å². The number of halogens is 1. The first-order valence-electron chi connectivity index (χ1n) is 5.97. The average Bonchev–Trinajstić information content (AvgIpc) is 2.88. The highest BCUT2D eigenvalue weighted by Crippen LogP contribution is 2.20. The zero-order chi connectivity index (χ0) is 13.8. The zero-order valence-electron chi connectivity index (χ0n) is 10.1. The molecule has 1 aromatic rings. The highest BCUT2D eigenvalue weighted by atomic mass is 19.1.